The molecule has 0 aromatic carbocycles. The van der Waals surface area contributed by atoms with E-state index in [2.05, 4.69) is 32.9 Å². The molecular weight excluding hydrogens is 315 g/mol. The van der Waals surface area contributed by atoms with Gasteiger partial charge in [0.05, 0.1) is 0 Å². The van der Waals surface area contributed by atoms with Crippen LogP contribution in [0, 0.1) is 21.3 Å². The Morgan fingerprint density at radius 3 is 2.75 bits per heavy atom. The summed E-state index contributed by atoms with van der Waals surface area (Å²) >= 11 is 2.20. The fourth-order valence-corrected chi connectivity index (χ4v) is 3.19. The molecule has 0 aliphatic heterocycles. The summed E-state index contributed by atoms with van der Waals surface area (Å²) < 4.78 is 1.08. The van der Waals surface area contributed by atoms with Gasteiger partial charge in [0.1, 0.15) is 5.82 Å². The first-order chi connectivity index (χ1) is 7.75. The molecule has 1 aromatic rings. The number of hydrogen-bond acceptors (Lipinski definition) is 2. The number of nitrogens with one attached hydrogen (secondary N) is 1. The van der Waals surface area contributed by atoms with Gasteiger partial charge in [-0.2, -0.15) is 0 Å². The maximum atomic E-state index is 11.9. The van der Waals surface area contributed by atoms with Crippen LogP contribution in [0.1, 0.15) is 19.3 Å². The first kappa shape index (κ1) is 10.5. The van der Waals surface area contributed by atoms with E-state index in [0.29, 0.717) is 17.7 Å². The van der Waals surface area contributed by atoms with Crippen molar-refractivity contribution in [3.63, 3.8) is 0 Å². The molecule has 1 heterocycles. The third-order valence-electron chi connectivity index (χ3n) is 3.69. The molecular formula is C12H13IN2O. The van der Waals surface area contributed by atoms with Gasteiger partial charge in [-0.15, -0.1) is 0 Å². The molecule has 1 N–H and O–H groups in total. The molecule has 4 heteroatoms. The molecule has 1 amide bonds. The van der Waals surface area contributed by atoms with E-state index in [1.54, 1.807) is 6.20 Å². The number of carbonyl (C=O) groups excluding carboxylic acids is 1. The zero-order valence-corrected chi connectivity index (χ0v) is 11.0. The van der Waals surface area contributed by atoms with Gasteiger partial charge in [-0.1, -0.05) is 6.42 Å². The maximum absolute atomic E-state index is 11.9. The molecule has 2 aliphatic carbocycles. The van der Waals surface area contributed by atoms with Crippen LogP contribution in [0.4, 0.5) is 5.82 Å². The quantitative estimate of drug-likeness (QED) is 0.848. The Balaban J connectivity index is 1.63. The van der Waals surface area contributed by atoms with E-state index in [-0.39, 0.29) is 11.8 Å². The zero-order valence-electron chi connectivity index (χ0n) is 8.82. The molecule has 2 saturated carbocycles. The van der Waals surface area contributed by atoms with Crippen LogP contribution in [0.15, 0.2) is 18.3 Å². The summed E-state index contributed by atoms with van der Waals surface area (Å²) in [6.07, 6.45) is 5.55. The molecule has 2 fully saturated rings. The van der Waals surface area contributed by atoms with Crippen molar-refractivity contribution in [2.75, 3.05) is 5.32 Å². The highest BCUT2D eigenvalue weighted by molar-refractivity contribution is 14.1. The summed E-state index contributed by atoms with van der Waals surface area (Å²) in [6, 6.07) is 3.81. The van der Waals surface area contributed by atoms with Gasteiger partial charge in [-0.3, -0.25) is 4.79 Å². The second-order valence-corrected chi connectivity index (χ2v) is 5.88. The molecule has 3 nitrogen and oxygen atoms in total. The number of pyridine rings is 1. The Kier molecular flexibility index (Phi) is 2.61. The maximum Gasteiger partial charge on any atom is 0.229 e. The number of amides is 1. The predicted molar refractivity (Wildman–Crippen MR) is 69.9 cm³/mol. The first-order valence-corrected chi connectivity index (χ1v) is 6.76. The lowest BCUT2D eigenvalue weighted by atomic mass is 10.1. The smallest absolute Gasteiger partial charge is 0.229 e. The average Bonchev–Trinajstić information content (AvgIpc) is 2.76. The summed E-state index contributed by atoms with van der Waals surface area (Å²) in [7, 11) is 0. The van der Waals surface area contributed by atoms with Crippen molar-refractivity contribution < 1.29 is 4.79 Å². The highest BCUT2D eigenvalue weighted by Crippen LogP contribution is 2.57. The molecule has 16 heavy (non-hydrogen) atoms. The normalized spacial score (nSPS) is 30.9. The number of aromatic nitrogens is 1. The second kappa shape index (κ2) is 3.98. The largest absolute Gasteiger partial charge is 0.310 e. The SMILES string of the molecule is O=C(Nc1ccc(I)cn1)C1C2CCCC21. The van der Waals surface area contributed by atoms with Crippen molar-refractivity contribution in [1.82, 2.24) is 4.98 Å². The zero-order chi connectivity index (χ0) is 11.1. The van der Waals surface area contributed by atoms with Crippen LogP contribution >= 0.6 is 22.6 Å². The van der Waals surface area contributed by atoms with E-state index in [0.717, 1.165) is 3.57 Å². The molecule has 2 aliphatic rings. The van der Waals surface area contributed by atoms with E-state index in [4.69, 9.17) is 0 Å². The van der Waals surface area contributed by atoms with Crippen LogP contribution in [-0.4, -0.2) is 10.9 Å². The molecule has 1 aromatic heterocycles. The average molecular weight is 328 g/mol. The highest BCUT2D eigenvalue weighted by atomic mass is 127. The van der Waals surface area contributed by atoms with Crippen LogP contribution in [0.3, 0.4) is 0 Å². The summed E-state index contributed by atoms with van der Waals surface area (Å²) in [6.45, 7) is 0. The van der Waals surface area contributed by atoms with Crippen molar-refractivity contribution >= 4 is 34.3 Å². The van der Waals surface area contributed by atoms with Gasteiger partial charge < -0.3 is 5.32 Å². The molecule has 0 spiro atoms. The first-order valence-electron chi connectivity index (χ1n) is 5.68. The van der Waals surface area contributed by atoms with Crippen molar-refractivity contribution in [2.45, 2.75) is 19.3 Å². The number of carbonyl (C=O) groups is 1. The summed E-state index contributed by atoms with van der Waals surface area (Å²) in [4.78, 5) is 16.1. The summed E-state index contributed by atoms with van der Waals surface area (Å²) in [5, 5.41) is 2.91. The van der Waals surface area contributed by atoms with Gasteiger partial charge in [0.25, 0.3) is 0 Å². The van der Waals surface area contributed by atoms with Gasteiger partial charge in [-0.25, -0.2) is 4.98 Å². The number of anilines is 1. The van der Waals surface area contributed by atoms with Crippen molar-refractivity contribution in [1.29, 1.82) is 0 Å². The fraction of sp³-hybridized carbons (Fsp3) is 0.500. The third kappa shape index (κ3) is 1.83. The topological polar surface area (TPSA) is 42.0 Å². The Hall–Kier alpha value is -0.650. The Labute approximate surface area is 108 Å². The molecule has 2 unspecified atom stereocenters. The fourth-order valence-electron chi connectivity index (χ4n) is 2.87. The van der Waals surface area contributed by atoms with E-state index >= 15 is 0 Å². The lowest BCUT2D eigenvalue weighted by Gasteiger charge is -2.05. The molecule has 84 valence electrons. The van der Waals surface area contributed by atoms with Gasteiger partial charge in [0, 0.05) is 15.7 Å². The molecule has 0 radical (unpaired) electrons. The van der Waals surface area contributed by atoms with Crippen LogP contribution in [-0.2, 0) is 4.79 Å². The van der Waals surface area contributed by atoms with Crippen LogP contribution in [0.2, 0.25) is 0 Å². The lowest BCUT2D eigenvalue weighted by Crippen LogP contribution is -2.17. The Morgan fingerprint density at radius 1 is 1.38 bits per heavy atom. The standard InChI is InChI=1S/C12H13IN2O/c13-7-4-5-10(14-6-7)15-12(16)11-8-2-1-3-9(8)11/h4-6,8-9,11H,1-3H2,(H,14,15,16). The second-order valence-electron chi connectivity index (χ2n) is 4.64. The van der Waals surface area contributed by atoms with E-state index in [1.807, 2.05) is 12.1 Å². The lowest BCUT2D eigenvalue weighted by molar-refractivity contribution is -0.118. The summed E-state index contributed by atoms with van der Waals surface area (Å²) in [5.74, 6) is 2.46. The van der Waals surface area contributed by atoms with Gasteiger partial charge in [0.2, 0.25) is 5.91 Å². The van der Waals surface area contributed by atoms with Crippen molar-refractivity contribution in [3.05, 3.63) is 21.9 Å². The summed E-state index contributed by atoms with van der Waals surface area (Å²) in [5.41, 5.74) is 0. The number of fused-ring (bicyclic) bond motifs is 1. The van der Waals surface area contributed by atoms with Crippen LogP contribution < -0.4 is 5.32 Å². The molecule has 3 rings (SSSR count). The van der Waals surface area contributed by atoms with E-state index in [1.165, 1.54) is 19.3 Å². The van der Waals surface area contributed by atoms with Crippen LogP contribution in [0.25, 0.3) is 0 Å². The minimum absolute atomic E-state index is 0.170. The van der Waals surface area contributed by atoms with E-state index in [9.17, 15) is 4.79 Å². The minimum atomic E-state index is 0.170. The molecule has 2 atom stereocenters. The minimum Gasteiger partial charge on any atom is -0.310 e. The van der Waals surface area contributed by atoms with Crippen LogP contribution in [0.5, 0.6) is 0 Å². The Bertz CT molecular complexity index is 408. The van der Waals surface area contributed by atoms with Gasteiger partial charge in [0.15, 0.2) is 0 Å². The van der Waals surface area contributed by atoms with Gasteiger partial charge in [-0.05, 0) is 59.4 Å². The van der Waals surface area contributed by atoms with Crippen molar-refractivity contribution in [2.24, 2.45) is 17.8 Å². The van der Waals surface area contributed by atoms with Gasteiger partial charge >= 0.3 is 0 Å². The number of hydrogen-bond donors (Lipinski definition) is 1. The number of nitrogens with zero attached hydrogens (tertiary/aromatic N) is 1. The van der Waals surface area contributed by atoms with E-state index < -0.39 is 0 Å². The predicted octanol–water partition coefficient (Wildman–Crippen LogP) is 2.67. The number of halogens is 1. The monoisotopic (exact) mass is 328 g/mol. The molecule has 0 saturated heterocycles. The van der Waals surface area contributed by atoms with Crippen molar-refractivity contribution in [3.8, 4) is 0 Å². The third-order valence-corrected chi connectivity index (χ3v) is 4.33. The Morgan fingerprint density at radius 2 is 2.12 bits per heavy atom. The highest BCUT2D eigenvalue weighted by Gasteiger charge is 2.56. The molecule has 0 bridgehead atoms. The number of rotatable bonds is 2.